The number of primary amides is 1. The van der Waals surface area contributed by atoms with Crippen LogP contribution in [0.3, 0.4) is 0 Å². The van der Waals surface area contributed by atoms with Gasteiger partial charge in [0, 0.05) is 19.1 Å². The Kier molecular flexibility index (Phi) is 5.66. The molecular weight excluding hydrogens is 154 g/mol. The number of carbonyl (C=O) groups excluding carboxylic acids is 1. The van der Waals surface area contributed by atoms with Gasteiger partial charge in [-0.05, 0) is 20.9 Å². The molecule has 3 N–H and O–H groups in total. The zero-order valence-corrected chi connectivity index (χ0v) is 8.13. The summed E-state index contributed by atoms with van der Waals surface area (Å²) in [6, 6.07) is 0.542. The largest absolute Gasteiger partial charge is 0.369 e. The van der Waals surface area contributed by atoms with Crippen LogP contribution < -0.4 is 11.1 Å². The van der Waals surface area contributed by atoms with E-state index in [-0.39, 0.29) is 12.5 Å². The molecule has 0 aliphatic carbocycles. The minimum atomic E-state index is -0.304. The maximum Gasteiger partial charge on any atom is 0.231 e. The molecule has 0 unspecified atom stereocenters. The molecule has 0 aromatic rings. The van der Waals surface area contributed by atoms with E-state index >= 15 is 0 Å². The maximum absolute atomic E-state index is 10.3. The van der Waals surface area contributed by atoms with Crippen molar-refractivity contribution in [3.05, 3.63) is 0 Å². The van der Waals surface area contributed by atoms with Gasteiger partial charge >= 0.3 is 0 Å². The van der Waals surface area contributed by atoms with Crippen molar-refractivity contribution in [2.24, 2.45) is 5.73 Å². The van der Waals surface area contributed by atoms with Crippen LogP contribution in [0.4, 0.5) is 0 Å². The second-order valence-corrected chi connectivity index (χ2v) is 3.22. The lowest BCUT2D eigenvalue weighted by atomic mass is 10.3. The molecule has 0 fully saturated rings. The van der Waals surface area contributed by atoms with Gasteiger partial charge in [-0.1, -0.05) is 0 Å². The number of likely N-dealkylation sites (N-methyl/N-ethyl adjacent to an activating group) is 1. The average molecular weight is 173 g/mol. The summed E-state index contributed by atoms with van der Waals surface area (Å²) in [7, 11) is 2.05. The Hall–Kier alpha value is -0.610. The topological polar surface area (TPSA) is 58.4 Å². The van der Waals surface area contributed by atoms with Crippen molar-refractivity contribution in [1.29, 1.82) is 0 Å². The molecule has 0 saturated heterocycles. The normalized spacial score (nSPS) is 11.1. The number of rotatable bonds is 6. The van der Waals surface area contributed by atoms with Gasteiger partial charge in [-0.15, -0.1) is 0 Å². The van der Waals surface area contributed by atoms with Crippen LogP contribution in [0.15, 0.2) is 0 Å². The highest BCUT2D eigenvalue weighted by Gasteiger charge is 2.01. The van der Waals surface area contributed by atoms with Gasteiger partial charge in [0.2, 0.25) is 5.91 Å². The molecule has 0 aliphatic rings. The van der Waals surface area contributed by atoms with E-state index in [9.17, 15) is 4.79 Å². The predicted octanol–water partition coefficient (Wildman–Crippen LogP) is -0.598. The molecular formula is C8H19N3O. The minimum Gasteiger partial charge on any atom is -0.369 e. The third kappa shape index (κ3) is 6.12. The van der Waals surface area contributed by atoms with Gasteiger partial charge in [0.25, 0.3) is 0 Å². The maximum atomic E-state index is 10.3. The smallest absolute Gasteiger partial charge is 0.231 e. The van der Waals surface area contributed by atoms with Crippen molar-refractivity contribution in [1.82, 2.24) is 10.2 Å². The number of carbonyl (C=O) groups is 1. The molecule has 0 rings (SSSR count). The van der Waals surface area contributed by atoms with Crippen LogP contribution >= 0.6 is 0 Å². The fourth-order valence-electron chi connectivity index (χ4n) is 0.725. The zero-order valence-electron chi connectivity index (χ0n) is 8.13. The molecule has 4 heteroatoms. The first kappa shape index (κ1) is 11.4. The van der Waals surface area contributed by atoms with E-state index < -0.39 is 0 Å². The Labute approximate surface area is 74.1 Å². The second-order valence-electron chi connectivity index (χ2n) is 3.22. The SMILES string of the molecule is CC(C)N(C)CCNCC(N)=O. The zero-order chi connectivity index (χ0) is 9.56. The van der Waals surface area contributed by atoms with Gasteiger partial charge in [-0.2, -0.15) is 0 Å². The molecule has 0 heterocycles. The van der Waals surface area contributed by atoms with Crippen LogP contribution in [-0.4, -0.2) is 43.5 Å². The van der Waals surface area contributed by atoms with Gasteiger partial charge in [0.15, 0.2) is 0 Å². The number of hydrogen-bond acceptors (Lipinski definition) is 3. The van der Waals surface area contributed by atoms with Crippen molar-refractivity contribution in [2.75, 3.05) is 26.7 Å². The quantitative estimate of drug-likeness (QED) is 0.527. The molecule has 0 radical (unpaired) electrons. The van der Waals surface area contributed by atoms with E-state index in [1.165, 1.54) is 0 Å². The Morgan fingerprint density at radius 3 is 2.58 bits per heavy atom. The van der Waals surface area contributed by atoms with Gasteiger partial charge in [-0.25, -0.2) is 0 Å². The summed E-state index contributed by atoms with van der Waals surface area (Å²) in [6.07, 6.45) is 0. The molecule has 0 aromatic carbocycles. The highest BCUT2D eigenvalue weighted by atomic mass is 16.1. The summed E-state index contributed by atoms with van der Waals surface area (Å²) in [4.78, 5) is 12.5. The monoisotopic (exact) mass is 173 g/mol. The standard InChI is InChI=1S/C8H19N3O/c1-7(2)11(3)5-4-10-6-8(9)12/h7,10H,4-6H2,1-3H3,(H2,9,12). The van der Waals surface area contributed by atoms with E-state index in [0.29, 0.717) is 6.04 Å². The highest BCUT2D eigenvalue weighted by Crippen LogP contribution is 1.90. The van der Waals surface area contributed by atoms with Crippen LogP contribution in [0.5, 0.6) is 0 Å². The van der Waals surface area contributed by atoms with Crippen LogP contribution in [0.25, 0.3) is 0 Å². The molecule has 0 spiro atoms. The Bertz CT molecular complexity index is 136. The molecule has 0 saturated carbocycles. The van der Waals surface area contributed by atoms with Crippen molar-refractivity contribution in [3.63, 3.8) is 0 Å². The molecule has 72 valence electrons. The molecule has 0 aliphatic heterocycles. The average Bonchev–Trinajstić information content (AvgIpc) is 1.97. The summed E-state index contributed by atoms with van der Waals surface area (Å²) in [5.41, 5.74) is 4.95. The third-order valence-corrected chi connectivity index (χ3v) is 1.82. The summed E-state index contributed by atoms with van der Waals surface area (Å²) >= 11 is 0. The minimum absolute atomic E-state index is 0.270. The van der Waals surface area contributed by atoms with Crippen LogP contribution in [-0.2, 0) is 4.79 Å². The highest BCUT2D eigenvalue weighted by molar-refractivity contribution is 5.75. The Balaban J connectivity index is 3.25. The number of nitrogens with zero attached hydrogens (tertiary/aromatic N) is 1. The summed E-state index contributed by atoms with van der Waals surface area (Å²) < 4.78 is 0. The Morgan fingerprint density at radius 1 is 1.58 bits per heavy atom. The van der Waals surface area contributed by atoms with Gasteiger partial charge < -0.3 is 16.0 Å². The molecule has 4 nitrogen and oxygen atoms in total. The summed E-state index contributed by atoms with van der Waals surface area (Å²) in [5.74, 6) is -0.304. The van der Waals surface area contributed by atoms with E-state index in [1.54, 1.807) is 0 Å². The van der Waals surface area contributed by atoms with Crippen LogP contribution in [0.2, 0.25) is 0 Å². The van der Waals surface area contributed by atoms with Gasteiger partial charge in [0.1, 0.15) is 0 Å². The van der Waals surface area contributed by atoms with Gasteiger partial charge in [-0.3, -0.25) is 4.79 Å². The lowest BCUT2D eigenvalue weighted by Gasteiger charge is -2.20. The molecule has 1 amide bonds. The number of amides is 1. The van der Waals surface area contributed by atoms with Crippen molar-refractivity contribution in [2.45, 2.75) is 19.9 Å². The predicted molar refractivity (Wildman–Crippen MR) is 49.8 cm³/mol. The summed E-state index contributed by atoms with van der Waals surface area (Å²) in [5, 5.41) is 2.95. The van der Waals surface area contributed by atoms with Crippen LogP contribution in [0, 0.1) is 0 Å². The summed E-state index contributed by atoms with van der Waals surface area (Å²) in [6.45, 7) is 6.27. The first-order chi connectivity index (χ1) is 5.54. The van der Waals surface area contributed by atoms with E-state index in [2.05, 4.69) is 31.1 Å². The Morgan fingerprint density at radius 2 is 2.17 bits per heavy atom. The fourth-order valence-corrected chi connectivity index (χ4v) is 0.725. The molecule has 0 bridgehead atoms. The number of nitrogens with two attached hydrogens (primary N) is 1. The van der Waals surface area contributed by atoms with Crippen molar-refractivity contribution < 1.29 is 4.79 Å². The van der Waals surface area contributed by atoms with E-state index in [1.807, 2.05) is 0 Å². The first-order valence-electron chi connectivity index (χ1n) is 4.23. The van der Waals surface area contributed by atoms with Crippen LogP contribution in [0.1, 0.15) is 13.8 Å². The third-order valence-electron chi connectivity index (χ3n) is 1.82. The van der Waals surface area contributed by atoms with E-state index in [4.69, 9.17) is 5.73 Å². The fraction of sp³-hybridized carbons (Fsp3) is 0.875. The van der Waals surface area contributed by atoms with Gasteiger partial charge in [0.05, 0.1) is 6.54 Å². The lowest BCUT2D eigenvalue weighted by molar-refractivity contribution is -0.117. The second kappa shape index (κ2) is 5.97. The van der Waals surface area contributed by atoms with Crippen molar-refractivity contribution in [3.8, 4) is 0 Å². The molecule has 0 aromatic heterocycles. The lowest BCUT2D eigenvalue weighted by Crippen LogP contribution is -2.37. The number of hydrogen-bond donors (Lipinski definition) is 2. The van der Waals surface area contributed by atoms with Crippen molar-refractivity contribution >= 4 is 5.91 Å². The first-order valence-corrected chi connectivity index (χ1v) is 4.23. The molecule has 12 heavy (non-hydrogen) atoms. The molecule has 0 atom stereocenters. The number of nitrogens with one attached hydrogen (secondary N) is 1. The van der Waals surface area contributed by atoms with E-state index in [0.717, 1.165) is 13.1 Å².